The highest BCUT2D eigenvalue weighted by Gasteiger charge is 2.24. The Kier molecular flexibility index (Phi) is 4.10. The molecule has 0 saturated heterocycles. The van der Waals surface area contributed by atoms with Crippen LogP contribution in [0, 0.1) is 0 Å². The van der Waals surface area contributed by atoms with Crippen molar-refractivity contribution in [3.63, 3.8) is 0 Å². The van der Waals surface area contributed by atoms with Crippen LogP contribution in [0.25, 0.3) is 0 Å². The van der Waals surface area contributed by atoms with Crippen molar-refractivity contribution in [2.24, 2.45) is 5.73 Å². The van der Waals surface area contributed by atoms with Crippen LogP contribution in [-0.4, -0.2) is 0 Å². The zero-order chi connectivity index (χ0) is 13.2. The van der Waals surface area contributed by atoms with Crippen LogP contribution in [0.3, 0.4) is 0 Å². The molecule has 1 atom stereocenters. The quantitative estimate of drug-likeness (QED) is 0.882. The number of rotatable bonds is 3. The number of nitrogens with two attached hydrogens (primary N) is 1. The minimum atomic E-state index is -0.473. The van der Waals surface area contributed by atoms with Gasteiger partial charge in [-0.2, -0.15) is 0 Å². The lowest BCUT2D eigenvalue weighted by Gasteiger charge is -2.26. The van der Waals surface area contributed by atoms with Gasteiger partial charge in [-0.05, 0) is 36.6 Å². The standard InChI is InChI=1S/C15H15BrClN/c1-15(18,10-11-5-3-2-4-6-11)13-8-7-12(16)9-14(13)17/h2-9H,10,18H2,1H3. The van der Waals surface area contributed by atoms with Gasteiger partial charge in [0.05, 0.1) is 0 Å². The summed E-state index contributed by atoms with van der Waals surface area (Å²) < 4.78 is 0.965. The van der Waals surface area contributed by atoms with E-state index in [9.17, 15) is 0 Å². The Morgan fingerprint density at radius 1 is 1.17 bits per heavy atom. The summed E-state index contributed by atoms with van der Waals surface area (Å²) in [6, 6.07) is 16.0. The van der Waals surface area contributed by atoms with E-state index in [-0.39, 0.29) is 0 Å². The second-order valence-corrected chi connectivity index (χ2v) is 6.03. The van der Waals surface area contributed by atoms with Gasteiger partial charge in [-0.15, -0.1) is 0 Å². The molecule has 1 nitrogen and oxygen atoms in total. The molecule has 2 N–H and O–H groups in total. The zero-order valence-electron chi connectivity index (χ0n) is 10.2. The van der Waals surface area contributed by atoms with E-state index in [4.69, 9.17) is 17.3 Å². The first kappa shape index (κ1) is 13.6. The highest BCUT2D eigenvalue weighted by Crippen LogP contribution is 2.31. The van der Waals surface area contributed by atoms with E-state index in [1.54, 1.807) is 0 Å². The molecular weight excluding hydrogens is 310 g/mol. The first-order chi connectivity index (χ1) is 8.49. The van der Waals surface area contributed by atoms with Crippen molar-refractivity contribution in [3.8, 4) is 0 Å². The molecule has 0 saturated carbocycles. The first-order valence-electron chi connectivity index (χ1n) is 5.77. The SMILES string of the molecule is CC(N)(Cc1ccccc1)c1ccc(Br)cc1Cl. The van der Waals surface area contributed by atoms with Crippen LogP contribution in [0.15, 0.2) is 53.0 Å². The lowest BCUT2D eigenvalue weighted by molar-refractivity contribution is 0.491. The molecule has 0 aliphatic carbocycles. The Morgan fingerprint density at radius 3 is 2.44 bits per heavy atom. The monoisotopic (exact) mass is 323 g/mol. The summed E-state index contributed by atoms with van der Waals surface area (Å²) in [7, 11) is 0. The van der Waals surface area contributed by atoms with Gasteiger partial charge in [0, 0.05) is 15.0 Å². The molecule has 1 unspecified atom stereocenters. The van der Waals surface area contributed by atoms with Crippen molar-refractivity contribution in [1.29, 1.82) is 0 Å². The molecule has 2 aromatic carbocycles. The summed E-state index contributed by atoms with van der Waals surface area (Å²) in [4.78, 5) is 0. The minimum absolute atomic E-state index is 0.473. The Balaban J connectivity index is 2.30. The van der Waals surface area contributed by atoms with Gasteiger partial charge in [0.25, 0.3) is 0 Å². The maximum absolute atomic E-state index is 6.42. The third kappa shape index (κ3) is 3.14. The molecule has 0 amide bonds. The van der Waals surface area contributed by atoms with Gasteiger partial charge in [-0.25, -0.2) is 0 Å². The predicted octanol–water partition coefficient (Wildman–Crippen LogP) is 4.52. The summed E-state index contributed by atoms with van der Waals surface area (Å²) in [5.74, 6) is 0. The molecule has 0 spiro atoms. The average Bonchev–Trinajstić information content (AvgIpc) is 2.29. The molecule has 0 radical (unpaired) electrons. The largest absolute Gasteiger partial charge is 0.321 e. The number of hydrogen-bond acceptors (Lipinski definition) is 1. The predicted molar refractivity (Wildman–Crippen MR) is 80.8 cm³/mol. The lowest BCUT2D eigenvalue weighted by Crippen LogP contribution is -2.35. The maximum Gasteiger partial charge on any atom is 0.0467 e. The van der Waals surface area contributed by atoms with E-state index in [1.165, 1.54) is 5.56 Å². The fourth-order valence-corrected chi connectivity index (χ4v) is 2.96. The number of halogens is 2. The molecule has 2 rings (SSSR count). The molecular formula is C15H15BrClN. The van der Waals surface area contributed by atoms with E-state index < -0.39 is 5.54 Å². The average molecular weight is 325 g/mol. The van der Waals surface area contributed by atoms with E-state index in [1.807, 2.05) is 43.3 Å². The van der Waals surface area contributed by atoms with Gasteiger partial charge in [-0.3, -0.25) is 0 Å². The topological polar surface area (TPSA) is 26.0 Å². The molecule has 0 aliphatic heterocycles. The van der Waals surface area contributed by atoms with Crippen molar-refractivity contribution in [2.75, 3.05) is 0 Å². The zero-order valence-corrected chi connectivity index (χ0v) is 12.5. The van der Waals surface area contributed by atoms with Crippen molar-refractivity contribution in [2.45, 2.75) is 18.9 Å². The Morgan fingerprint density at radius 2 is 1.83 bits per heavy atom. The normalized spacial score (nSPS) is 14.2. The van der Waals surface area contributed by atoms with E-state index in [0.29, 0.717) is 5.02 Å². The van der Waals surface area contributed by atoms with Crippen LogP contribution in [0.4, 0.5) is 0 Å². The van der Waals surface area contributed by atoms with Gasteiger partial charge in [0.1, 0.15) is 0 Å². The van der Waals surface area contributed by atoms with E-state index >= 15 is 0 Å². The van der Waals surface area contributed by atoms with Crippen LogP contribution in [-0.2, 0) is 12.0 Å². The van der Waals surface area contributed by atoms with Gasteiger partial charge in [-0.1, -0.05) is 63.9 Å². The molecule has 0 fully saturated rings. The van der Waals surface area contributed by atoms with Crippen LogP contribution < -0.4 is 5.73 Å². The fourth-order valence-electron chi connectivity index (χ4n) is 2.07. The fraction of sp³-hybridized carbons (Fsp3) is 0.200. The Labute approximate surface area is 121 Å². The minimum Gasteiger partial charge on any atom is -0.321 e. The van der Waals surface area contributed by atoms with Crippen molar-refractivity contribution < 1.29 is 0 Å². The van der Waals surface area contributed by atoms with Crippen molar-refractivity contribution >= 4 is 27.5 Å². The smallest absolute Gasteiger partial charge is 0.0467 e. The number of hydrogen-bond donors (Lipinski definition) is 1. The second-order valence-electron chi connectivity index (χ2n) is 4.70. The molecule has 2 aromatic rings. The summed E-state index contributed by atoms with van der Waals surface area (Å²) in [5, 5.41) is 0.699. The van der Waals surface area contributed by atoms with Gasteiger partial charge >= 0.3 is 0 Å². The van der Waals surface area contributed by atoms with Gasteiger partial charge < -0.3 is 5.73 Å². The highest BCUT2D eigenvalue weighted by atomic mass is 79.9. The molecule has 0 aromatic heterocycles. The molecule has 0 heterocycles. The van der Waals surface area contributed by atoms with Gasteiger partial charge in [0.2, 0.25) is 0 Å². The van der Waals surface area contributed by atoms with E-state index in [0.717, 1.165) is 16.5 Å². The molecule has 94 valence electrons. The van der Waals surface area contributed by atoms with Crippen LogP contribution in [0.2, 0.25) is 5.02 Å². The molecule has 0 aliphatic rings. The number of benzene rings is 2. The summed E-state index contributed by atoms with van der Waals surface area (Å²) >= 11 is 9.67. The first-order valence-corrected chi connectivity index (χ1v) is 6.94. The van der Waals surface area contributed by atoms with Crippen LogP contribution in [0.5, 0.6) is 0 Å². The van der Waals surface area contributed by atoms with Gasteiger partial charge in [0.15, 0.2) is 0 Å². The third-order valence-corrected chi connectivity index (χ3v) is 3.77. The molecule has 18 heavy (non-hydrogen) atoms. The second kappa shape index (κ2) is 5.43. The Bertz CT molecular complexity index is 537. The van der Waals surface area contributed by atoms with Crippen molar-refractivity contribution in [1.82, 2.24) is 0 Å². The lowest BCUT2D eigenvalue weighted by atomic mass is 9.86. The summed E-state index contributed by atoms with van der Waals surface area (Å²) in [6.45, 7) is 2.01. The Hall–Kier alpha value is -0.830. The van der Waals surface area contributed by atoms with Crippen LogP contribution >= 0.6 is 27.5 Å². The van der Waals surface area contributed by atoms with Crippen LogP contribution in [0.1, 0.15) is 18.1 Å². The summed E-state index contributed by atoms with van der Waals surface area (Å²) in [6.07, 6.45) is 0.759. The third-order valence-electron chi connectivity index (χ3n) is 2.96. The highest BCUT2D eigenvalue weighted by molar-refractivity contribution is 9.10. The van der Waals surface area contributed by atoms with Crippen molar-refractivity contribution in [3.05, 3.63) is 69.2 Å². The maximum atomic E-state index is 6.42. The molecule has 3 heteroatoms. The van der Waals surface area contributed by atoms with E-state index in [2.05, 4.69) is 28.1 Å². The molecule has 0 bridgehead atoms. The summed E-state index contributed by atoms with van der Waals surface area (Å²) in [5.41, 5.74) is 8.13.